The molecule has 0 aliphatic heterocycles. The third kappa shape index (κ3) is 4.26. The Morgan fingerprint density at radius 2 is 2.21 bits per heavy atom. The maximum Gasteiger partial charge on any atom is 0.311 e. The lowest BCUT2D eigenvalue weighted by Gasteiger charge is -2.04. The van der Waals surface area contributed by atoms with Crippen LogP contribution >= 0.6 is 11.3 Å². The van der Waals surface area contributed by atoms with Gasteiger partial charge in [0, 0.05) is 23.2 Å². The summed E-state index contributed by atoms with van der Waals surface area (Å²) in [4.78, 5) is 38.1. The molecule has 0 saturated carbocycles. The molecule has 2 aromatic rings. The first kappa shape index (κ1) is 17.3. The molecule has 0 unspecified atom stereocenters. The Balaban J connectivity index is 2.10. The van der Waals surface area contributed by atoms with Crippen LogP contribution in [0.3, 0.4) is 0 Å². The third-order valence-electron chi connectivity index (χ3n) is 2.83. The number of anilines is 1. The number of nitro groups is 1. The van der Waals surface area contributed by atoms with E-state index >= 15 is 0 Å². The average Bonchev–Trinajstić information content (AvgIpc) is 2.94. The first-order valence-corrected chi connectivity index (χ1v) is 7.61. The van der Waals surface area contributed by atoms with E-state index in [4.69, 9.17) is 4.74 Å². The smallest absolute Gasteiger partial charge is 0.311 e. The van der Waals surface area contributed by atoms with Crippen LogP contribution < -0.4 is 5.32 Å². The van der Waals surface area contributed by atoms with Crippen LogP contribution in [0.25, 0.3) is 0 Å². The summed E-state index contributed by atoms with van der Waals surface area (Å²) in [6.07, 6.45) is 1.45. The van der Waals surface area contributed by atoms with E-state index < -0.39 is 16.8 Å². The highest BCUT2D eigenvalue weighted by atomic mass is 32.1. The van der Waals surface area contributed by atoms with Crippen molar-refractivity contribution in [2.45, 2.75) is 13.3 Å². The zero-order valence-corrected chi connectivity index (χ0v) is 13.3. The van der Waals surface area contributed by atoms with Crippen molar-refractivity contribution >= 4 is 34.0 Å². The van der Waals surface area contributed by atoms with Crippen LogP contribution in [0.1, 0.15) is 22.2 Å². The lowest BCUT2D eigenvalue weighted by molar-refractivity contribution is -0.384. The van der Waals surface area contributed by atoms with Crippen molar-refractivity contribution in [3.8, 4) is 5.75 Å². The van der Waals surface area contributed by atoms with E-state index in [1.807, 2.05) is 0 Å². The number of thiazole rings is 1. The second kappa shape index (κ2) is 7.51. The van der Waals surface area contributed by atoms with E-state index in [1.165, 1.54) is 6.20 Å². The average molecular weight is 351 g/mol. The number of esters is 1. The van der Waals surface area contributed by atoms with Gasteiger partial charge >= 0.3 is 5.97 Å². The van der Waals surface area contributed by atoms with Gasteiger partial charge in [0.15, 0.2) is 5.13 Å². The molecule has 0 aliphatic carbocycles. The molecule has 126 valence electrons. The molecule has 0 saturated heterocycles. The van der Waals surface area contributed by atoms with Crippen molar-refractivity contribution in [2.75, 3.05) is 11.9 Å². The molecular weight excluding hydrogens is 338 g/mol. The van der Waals surface area contributed by atoms with Gasteiger partial charge in [0.2, 0.25) is 0 Å². The normalized spacial score (nSPS) is 10.2. The van der Waals surface area contributed by atoms with Gasteiger partial charge in [-0.25, -0.2) is 4.98 Å². The summed E-state index contributed by atoms with van der Waals surface area (Å²) in [6, 6.07) is 3.13. The largest absolute Gasteiger partial charge is 0.507 e. The Kier molecular flexibility index (Phi) is 5.42. The fourth-order valence-corrected chi connectivity index (χ4v) is 2.58. The number of carbonyl (C=O) groups is 2. The van der Waals surface area contributed by atoms with Crippen molar-refractivity contribution in [1.29, 1.82) is 0 Å². The van der Waals surface area contributed by atoms with E-state index in [1.54, 1.807) is 6.92 Å². The predicted octanol–water partition coefficient (Wildman–Crippen LogP) is 2.11. The number of ether oxygens (including phenoxy) is 1. The van der Waals surface area contributed by atoms with Crippen LogP contribution in [0.5, 0.6) is 5.75 Å². The number of aromatic nitrogens is 1. The van der Waals surface area contributed by atoms with Crippen LogP contribution in [-0.4, -0.2) is 33.5 Å². The van der Waals surface area contributed by atoms with Crippen LogP contribution in [0.15, 0.2) is 24.4 Å². The van der Waals surface area contributed by atoms with Crippen LogP contribution in [0.4, 0.5) is 10.8 Å². The maximum atomic E-state index is 12.1. The monoisotopic (exact) mass is 351 g/mol. The molecule has 2 rings (SSSR count). The highest BCUT2D eigenvalue weighted by Gasteiger charge is 2.18. The Bertz CT molecular complexity index is 789. The molecule has 1 heterocycles. The van der Waals surface area contributed by atoms with Gasteiger partial charge in [-0.3, -0.25) is 25.0 Å². The van der Waals surface area contributed by atoms with Gasteiger partial charge in [-0.15, -0.1) is 11.3 Å². The summed E-state index contributed by atoms with van der Waals surface area (Å²) in [6.45, 7) is 1.97. The minimum atomic E-state index is -0.742. The standard InChI is InChI=1S/C14H13N3O6S/c1-2-23-12(19)6-9-7-15-14(24-9)16-13(20)10-5-8(17(21)22)3-4-11(10)18/h3-5,7,18H,2,6H2,1H3,(H,15,16,20). The first-order valence-electron chi connectivity index (χ1n) is 6.79. The van der Waals surface area contributed by atoms with Gasteiger partial charge in [-0.2, -0.15) is 0 Å². The number of amides is 1. The van der Waals surface area contributed by atoms with Crippen molar-refractivity contribution in [2.24, 2.45) is 0 Å². The van der Waals surface area contributed by atoms with Gasteiger partial charge in [-0.05, 0) is 13.0 Å². The second-order valence-corrected chi connectivity index (χ2v) is 5.64. The Morgan fingerprint density at radius 3 is 2.88 bits per heavy atom. The number of nitrogens with zero attached hydrogens (tertiary/aromatic N) is 2. The molecule has 0 atom stereocenters. The number of benzene rings is 1. The summed E-state index contributed by atoms with van der Waals surface area (Å²) in [5.74, 6) is -1.54. The van der Waals surface area contributed by atoms with Gasteiger partial charge in [-0.1, -0.05) is 0 Å². The van der Waals surface area contributed by atoms with Crippen molar-refractivity contribution in [1.82, 2.24) is 4.98 Å². The zero-order valence-electron chi connectivity index (χ0n) is 12.5. The van der Waals surface area contributed by atoms with Crippen molar-refractivity contribution in [3.05, 3.63) is 45.0 Å². The summed E-state index contributed by atoms with van der Waals surface area (Å²) in [7, 11) is 0. The lowest BCUT2D eigenvalue weighted by atomic mass is 10.1. The number of nitrogens with one attached hydrogen (secondary N) is 1. The summed E-state index contributed by atoms with van der Waals surface area (Å²) < 4.78 is 4.81. The van der Waals surface area contributed by atoms with Gasteiger partial charge in [0.05, 0.1) is 23.5 Å². The molecule has 2 N–H and O–H groups in total. The molecular formula is C14H13N3O6S. The number of phenolic OH excluding ortho intramolecular Hbond substituents is 1. The molecule has 0 fully saturated rings. The first-order chi connectivity index (χ1) is 11.4. The number of nitro benzene ring substituents is 1. The second-order valence-electron chi connectivity index (χ2n) is 4.53. The Labute approximate surface area is 140 Å². The number of carbonyl (C=O) groups excluding carboxylic acids is 2. The zero-order chi connectivity index (χ0) is 17.7. The molecule has 1 aromatic heterocycles. The molecule has 9 nitrogen and oxygen atoms in total. The number of phenols is 1. The maximum absolute atomic E-state index is 12.1. The molecule has 0 bridgehead atoms. The topological polar surface area (TPSA) is 132 Å². The molecule has 0 aliphatic rings. The van der Waals surface area contributed by atoms with Crippen LogP contribution in [-0.2, 0) is 16.0 Å². The molecule has 0 spiro atoms. The number of aromatic hydroxyl groups is 1. The molecule has 10 heteroatoms. The minimum Gasteiger partial charge on any atom is -0.507 e. The Morgan fingerprint density at radius 1 is 1.46 bits per heavy atom. The fraction of sp³-hybridized carbons (Fsp3) is 0.214. The molecule has 1 amide bonds. The van der Waals surface area contributed by atoms with Gasteiger partial charge in [0.1, 0.15) is 5.75 Å². The van der Waals surface area contributed by atoms with E-state index in [-0.39, 0.29) is 35.2 Å². The Hall–Kier alpha value is -3.01. The summed E-state index contributed by atoms with van der Waals surface area (Å²) in [5.41, 5.74) is -0.563. The van der Waals surface area contributed by atoms with E-state index in [0.717, 1.165) is 29.5 Å². The third-order valence-corrected chi connectivity index (χ3v) is 3.75. The van der Waals surface area contributed by atoms with Crippen molar-refractivity contribution < 1.29 is 24.4 Å². The van der Waals surface area contributed by atoms with E-state index in [9.17, 15) is 24.8 Å². The fourth-order valence-electron chi connectivity index (χ4n) is 1.79. The molecule has 1 aromatic carbocycles. The molecule has 24 heavy (non-hydrogen) atoms. The highest BCUT2D eigenvalue weighted by molar-refractivity contribution is 7.15. The quantitative estimate of drug-likeness (QED) is 0.463. The van der Waals surface area contributed by atoms with Gasteiger partial charge < -0.3 is 9.84 Å². The summed E-state index contributed by atoms with van der Waals surface area (Å²) >= 11 is 1.07. The van der Waals surface area contributed by atoms with E-state index in [2.05, 4.69) is 10.3 Å². The number of non-ortho nitro benzene ring substituents is 1. The van der Waals surface area contributed by atoms with Gasteiger partial charge in [0.25, 0.3) is 11.6 Å². The SMILES string of the molecule is CCOC(=O)Cc1cnc(NC(=O)c2cc([N+](=O)[O-])ccc2O)s1. The number of rotatable bonds is 6. The lowest BCUT2D eigenvalue weighted by Crippen LogP contribution is -2.12. The highest BCUT2D eigenvalue weighted by Crippen LogP contribution is 2.25. The van der Waals surface area contributed by atoms with Crippen molar-refractivity contribution in [3.63, 3.8) is 0 Å². The summed E-state index contributed by atoms with van der Waals surface area (Å²) in [5, 5.41) is 23.1. The predicted molar refractivity (Wildman–Crippen MR) is 85.2 cm³/mol. The minimum absolute atomic E-state index is 0.0312. The van der Waals surface area contributed by atoms with Crippen LogP contribution in [0.2, 0.25) is 0 Å². The number of hydrogen-bond acceptors (Lipinski definition) is 8. The van der Waals surface area contributed by atoms with Crippen LogP contribution in [0, 0.1) is 10.1 Å². The number of hydrogen-bond donors (Lipinski definition) is 2. The van der Waals surface area contributed by atoms with E-state index in [0.29, 0.717) is 4.88 Å². The molecule has 0 radical (unpaired) electrons.